The Balaban J connectivity index is 1.05. The highest BCUT2D eigenvalue weighted by atomic mass is 32.2. The van der Waals surface area contributed by atoms with Gasteiger partial charge in [0.05, 0.1) is 29.6 Å². The zero-order valence-electron chi connectivity index (χ0n) is 31.7. The number of aromatic nitrogens is 1. The smallest absolute Gasteiger partial charge is 0.416 e. The lowest BCUT2D eigenvalue weighted by molar-refractivity contribution is -0.140. The fourth-order valence-corrected chi connectivity index (χ4v) is 10.2. The number of benzene rings is 2. The molecule has 0 radical (unpaired) electrons. The predicted octanol–water partition coefficient (Wildman–Crippen LogP) is 5.87. The van der Waals surface area contributed by atoms with Crippen molar-refractivity contribution in [3.05, 3.63) is 82.5 Å². The van der Waals surface area contributed by atoms with Crippen LogP contribution in [0.2, 0.25) is 0 Å². The number of fused-ring (bicyclic) bond motifs is 3. The van der Waals surface area contributed by atoms with E-state index in [-0.39, 0.29) is 32.5 Å². The van der Waals surface area contributed by atoms with Crippen LogP contribution in [0.15, 0.2) is 60.0 Å². The summed E-state index contributed by atoms with van der Waals surface area (Å²) in [5.41, 5.74) is -0.550. The van der Waals surface area contributed by atoms with Gasteiger partial charge in [0.1, 0.15) is 29.5 Å². The zero-order valence-corrected chi connectivity index (χ0v) is 33.3. The van der Waals surface area contributed by atoms with Crippen LogP contribution in [0, 0.1) is 11.7 Å². The Labute approximate surface area is 341 Å². The van der Waals surface area contributed by atoms with Crippen molar-refractivity contribution in [2.75, 3.05) is 11.9 Å². The van der Waals surface area contributed by atoms with Gasteiger partial charge in [-0.15, -0.1) is 11.3 Å². The first-order chi connectivity index (χ1) is 28.1. The first-order valence-corrected chi connectivity index (χ1v) is 22.0. The van der Waals surface area contributed by atoms with E-state index < -0.39 is 86.3 Å². The van der Waals surface area contributed by atoms with Crippen molar-refractivity contribution in [1.29, 1.82) is 0 Å². The minimum absolute atomic E-state index is 0.0231. The molecule has 0 bridgehead atoms. The van der Waals surface area contributed by atoms with Crippen LogP contribution in [0.5, 0.6) is 0 Å². The second-order valence-corrected chi connectivity index (χ2v) is 18.6. The quantitative estimate of drug-likeness (QED) is 0.195. The fourth-order valence-electron chi connectivity index (χ4n) is 8.03. The number of nitrogens with zero attached hydrogens (tertiary/aromatic N) is 3. The van der Waals surface area contributed by atoms with Crippen LogP contribution in [0.4, 0.5) is 27.5 Å². The van der Waals surface area contributed by atoms with E-state index in [2.05, 4.69) is 20.3 Å². The topological polar surface area (TPSA) is 167 Å². The largest absolute Gasteiger partial charge is 0.444 e. The van der Waals surface area contributed by atoms with E-state index in [1.54, 1.807) is 17.5 Å². The van der Waals surface area contributed by atoms with Crippen LogP contribution in [-0.4, -0.2) is 82.5 Å². The standard InChI is InChI=1S/C40H42F4N6O7S2/c41-30-9-6-7-24-19-49(21-29(24)30)38(54)57-27-17-33-34(51)47-39(36(53)48-59(55,56)28-15-16-28)18-26(39)8-4-2-1-3-5-10-31(35(52)50(33)20-27)45-37-46-32(22-58-37)23-11-13-25(14-12-23)40(42,43)44/h4,6-9,11-14,22,26-28,31,33H,1-3,5,10,15-21H2,(H,45,46)(H,47,51)(H,48,53)/b8-4-/t26-,27+,31-,33-,39-/m0/s1. The van der Waals surface area contributed by atoms with Crippen LogP contribution < -0.4 is 15.4 Å². The lowest BCUT2D eigenvalue weighted by Gasteiger charge is -2.29. The van der Waals surface area contributed by atoms with Crippen molar-refractivity contribution in [2.24, 2.45) is 5.92 Å². The minimum atomic E-state index is -4.50. The van der Waals surface area contributed by atoms with Gasteiger partial charge in [0.15, 0.2) is 5.13 Å². The summed E-state index contributed by atoms with van der Waals surface area (Å²) in [6.07, 6.45) is 1.36. The molecule has 59 heavy (non-hydrogen) atoms. The molecule has 1 aromatic heterocycles. The van der Waals surface area contributed by atoms with E-state index in [1.807, 2.05) is 12.2 Å². The number of ether oxygens (including phenoxy) is 1. The Bertz CT molecular complexity index is 2280. The maximum absolute atomic E-state index is 14.7. The van der Waals surface area contributed by atoms with Gasteiger partial charge in [-0.1, -0.05) is 49.3 Å². The third-order valence-electron chi connectivity index (χ3n) is 11.6. The average molecular weight is 859 g/mol. The molecule has 13 nitrogen and oxygen atoms in total. The molecule has 3 aromatic rings. The first-order valence-electron chi connectivity index (χ1n) is 19.6. The van der Waals surface area contributed by atoms with Gasteiger partial charge >= 0.3 is 12.3 Å². The highest BCUT2D eigenvalue weighted by Gasteiger charge is 2.62. The van der Waals surface area contributed by atoms with E-state index >= 15 is 0 Å². The van der Waals surface area contributed by atoms with Gasteiger partial charge < -0.3 is 20.3 Å². The number of rotatable bonds is 7. The van der Waals surface area contributed by atoms with Crippen molar-refractivity contribution >= 4 is 50.3 Å². The third-order valence-corrected chi connectivity index (χ3v) is 14.2. The Morgan fingerprint density at radius 3 is 2.53 bits per heavy atom. The second-order valence-electron chi connectivity index (χ2n) is 15.8. The number of nitrogens with one attached hydrogen (secondary N) is 3. The molecule has 0 spiro atoms. The molecule has 1 saturated heterocycles. The molecular weight excluding hydrogens is 817 g/mol. The Hall–Kier alpha value is -5.04. The number of allylic oxidation sites excluding steroid dienone is 1. The molecular formula is C40H42F4N6O7S2. The summed E-state index contributed by atoms with van der Waals surface area (Å²) >= 11 is 1.15. The molecule has 5 aliphatic rings. The van der Waals surface area contributed by atoms with Crippen LogP contribution in [0.1, 0.15) is 74.5 Å². The first kappa shape index (κ1) is 40.7. The number of halogens is 4. The number of carbonyl (C=O) groups excluding carboxylic acids is 4. The van der Waals surface area contributed by atoms with Gasteiger partial charge in [0.25, 0.3) is 5.91 Å². The average Bonchev–Trinajstić information content (AvgIpc) is 3.99. The zero-order chi connectivity index (χ0) is 41.7. The maximum Gasteiger partial charge on any atom is 0.416 e. The molecule has 314 valence electrons. The lowest BCUT2D eigenvalue weighted by Crippen LogP contribution is -2.57. The van der Waals surface area contributed by atoms with Crippen molar-refractivity contribution in [2.45, 2.75) is 106 Å². The Morgan fingerprint density at radius 2 is 1.80 bits per heavy atom. The van der Waals surface area contributed by atoms with Crippen LogP contribution >= 0.6 is 11.3 Å². The highest BCUT2D eigenvalue weighted by molar-refractivity contribution is 7.91. The summed E-state index contributed by atoms with van der Waals surface area (Å²) < 4.78 is 87.8. The van der Waals surface area contributed by atoms with Crippen molar-refractivity contribution < 1.29 is 49.9 Å². The number of carbonyl (C=O) groups is 4. The normalized spacial score (nSPS) is 26.7. The van der Waals surface area contributed by atoms with Gasteiger partial charge in [0.2, 0.25) is 21.8 Å². The molecule has 2 aliphatic carbocycles. The van der Waals surface area contributed by atoms with Gasteiger partial charge in [-0.25, -0.2) is 22.6 Å². The van der Waals surface area contributed by atoms with Crippen molar-refractivity contribution in [1.82, 2.24) is 24.8 Å². The SMILES string of the molecule is O=C1N[C@@]2(C(=O)NS(=O)(=O)C3CC3)C[C@@H]2/C=C\CCCCC[C@H](Nc2nc(-c3ccc(C(F)(F)F)cc3)cs2)C(=O)N2C[C@H](OC(=O)N3Cc4cccc(F)c4C3)C[C@@H]12. The summed E-state index contributed by atoms with van der Waals surface area (Å²) in [4.78, 5) is 63.4. The minimum Gasteiger partial charge on any atom is -0.444 e. The van der Waals surface area contributed by atoms with Crippen LogP contribution in [-0.2, 0) is 48.4 Å². The van der Waals surface area contributed by atoms with E-state index in [0.29, 0.717) is 59.6 Å². The summed E-state index contributed by atoms with van der Waals surface area (Å²) in [6, 6.07) is 6.96. The monoisotopic (exact) mass is 858 g/mol. The van der Waals surface area contributed by atoms with E-state index in [4.69, 9.17) is 4.74 Å². The molecule has 3 N–H and O–H groups in total. The van der Waals surface area contributed by atoms with Crippen LogP contribution in [0.25, 0.3) is 11.3 Å². The van der Waals surface area contributed by atoms with Gasteiger partial charge in [-0.2, -0.15) is 13.2 Å². The predicted molar refractivity (Wildman–Crippen MR) is 207 cm³/mol. The van der Waals surface area contributed by atoms with Gasteiger partial charge in [-0.3, -0.25) is 24.0 Å². The molecule has 2 saturated carbocycles. The number of alkyl halides is 3. The number of amides is 4. The number of hydrogen-bond acceptors (Lipinski definition) is 10. The van der Waals surface area contributed by atoms with E-state index in [9.17, 15) is 45.2 Å². The molecule has 8 rings (SSSR count). The maximum atomic E-state index is 14.7. The van der Waals surface area contributed by atoms with Gasteiger partial charge in [0, 0.05) is 35.4 Å². The Kier molecular flexibility index (Phi) is 10.9. The summed E-state index contributed by atoms with van der Waals surface area (Å²) in [6.45, 7) is -0.107. The highest BCUT2D eigenvalue weighted by Crippen LogP contribution is 2.46. The molecule has 19 heteroatoms. The summed E-state index contributed by atoms with van der Waals surface area (Å²) in [5.74, 6) is -3.05. The van der Waals surface area contributed by atoms with Crippen LogP contribution in [0.3, 0.4) is 0 Å². The molecule has 3 aliphatic heterocycles. The number of anilines is 1. The lowest BCUT2D eigenvalue weighted by atomic mass is 10.1. The number of sulfonamides is 1. The molecule has 5 atom stereocenters. The molecule has 4 amide bonds. The summed E-state index contributed by atoms with van der Waals surface area (Å²) in [5, 5.41) is 7.27. The number of hydrogen-bond donors (Lipinski definition) is 3. The summed E-state index contributed by atoms with van der Waals surface area (Å²) in [7, 11) is -3.95. The van der Waals surface area contributed by atoms with Crippen molar-refractivity contribution in [3.8, 4) is 11.3 Å². The molecule has 2 aromatic carbocycles. The molecule has 3 fully saturated rings. The third kappa shape index (κ3) is 8.67. The van der Waals surface area contributed by atoms with Gasteiger partial charge in [-0.05, 0) is 62.3 Å². The van der Waals surface area contributed by atoms with E-state index in [0.717, 1.165) is 36.3 Å². The van der Waals surface area contributed by atoms with Crippen molar-refractivity contribution in [3.63, 3.8) is 0 Å². The van der Waals surface area contributed by atoms with E-state index in [1.165, 1.54) is 28.0 Å². The molecule has 4 heterocycles. The number of thiazole rings is 1. The Morgan fingerprint density at radius 1 is 1.02 bits per heavy atom. The fraction of sp³-hybridized carbons (Fsp3) is 0.475. The molecule has 0 unspecified atom stereocenters. The second kappa shape index (κ2) is 15.9.